The molecule has 0 radical (unpaired) electrons. The van der Waals surface area contributed by atoms with Crippen molar-refractivity contribution in [2.24, 2.45) is 5.92 Å². The average molecular weight is 265 g/mol. The molecule has 2 aliphatic rings. The fourth-order valence-corrected chi connectivity index (χ4v) is 3.95. The summed E-state index contributed by atoms with van der Waals surface area (Å²) in [7, 11) is 0. The third-order valence-corrected chi connectivity index (χ3v) is 5.02. The number of hydrogen-bond donors (Lipinski definition) is 1. The van der Waals surface area contributed by atoms with Gasteiger partial charge in [0.05, 0.1) is 0 Å². The van der Waals surface area contributed by atoms with Gasteiger partial charge in [0, 0.05) is 35.7 Å². The minimum Gasteiger partial charge on any atom is -0.345 e. The molecule has 3 nitrogen and oxygen atoms in total. The molecule has 1 saturated heterocycles. The second-order valence-corrected chi connectivity index (χ2v) is 7.79. The van der Waals surface area contributed by atoms with Crippen LogP contribution in [-0.2, 0) is 6.54 Å². The van der Waals surface area contributed by atoms with Crippen LogP contribution in [0.1, 0.15) is 44.9 Å². The number of nitrogens with zero attached hydrogens (tertiary/aromatic N) is 2. The van der Waals surface area contributed by atoms with Crippen LogP contribution in [0.2, 0.25) is 0 Å². The number of nitrogens with one attached hydrogen (secondary N) is 1. The van der Waals surface area contributed by atoms with Gasteiger partial charge in [0.1, 0.15) is 0 Å². The van der Waals surface area contributed by atoms with Gasteiger partial charge in [0.25, 0.3) is 0 Å². The number of hydrogen-bond acceptors (Lipinski definition) is 4. The maximum Gasteiger partial charge on any atom is 0.185 e. The first kappa shape index (κ1) is 12.4. The first-order valence-corrected chi connectivity index (χ1v) is 7.79. The van der Waals surface area contributed by atoms with E-state index in [4.69, 9.17) is 0 Å². The molecule has 1 saturated carbocycles. The van der Waals surface area contributed by atoms with E-state index in [2.05, 4.69) is 36.0 Å². The van der Waals surface area contributed by atoms with E-state index in [9.17, 15) is 0 Å². The molecule has 1 aromatic heterocycles. The first-order valence-electron chi connectivity index (χ1n) is 6.98. The lowest BCUT2D eigenvalue weighted by molar-refractivity contribution is 0.426. The molecule has 4 heteroatoms. The molecule has 100 valence electrons. The third-order valence-electron chi connectivity index (χ3n) is 3.99. The standard InChI is InChI=1S/C14H23N3S/c1-14(2,3)16-8-12-7-15-13(18-12)17-9-10-4-5-11(17)6-10/h7,10-11,16H,4-6,8-9H2,1-3H3. The third kappa shape index (κ3) is 2.54. The maximum atomic E-state index is 4.62. The van der Waals surface area contributed by atoms with E-state index in [1.54, 1.807) is 0 Å². The largest absolute Gasteiger partial charge is 0.345 e. The number of anilines is 1. The topological polar surface area (TPSA) is 28.2 Å². The van der Waals surface area contributed by atoms with Crippen molar-refractivity contribution in [3.63, 3.8) is 0 Å². The smallest absolute Gasteiger partial charge is 0.185 e. The normalized spacial score (nSPS) is 27.2. The minimum atomic E-state index is 0.177. The van der Waals surface area contributed by atoms with Crippen molar-refractivity contribution < 1.29 is 0 Å². The Kier molecular flexibility index (Phi) is 3.10. The van der Waals surface area contributed by atoms with Crippen LogP contribution in [0.5, 0.6) is 0 Å². The highest BCUT2D eigenvalue weighted by atomic mass is 32.1. The fraction of sp³-hybridized carbons (Fsp3) is 0.786. The summed E-state index contributed by atoms with van der Waals surface area (Å²) in [4.78, 5) is 8.51. The number of fused-ring (bicyclic) bond motifs is 2. The molecule has 0 spiro atoms. The van der Waals surface area contributed by atoms with Crippen molar-refractivity contribution >= 4 is 16.5 Å². The summed E-state index contributed by atoms with van der Waals surface area (Å²) in [6.45, 7) is 8.78. The van der Waals surface area contributed by atoms with E-state index < -0.39 is 0 Å². The van der Waals surface area contributed by atoms with Gasteiger partial charge in [-0.25, -0.2) is 4.98 Å². The molecule has 2 atom stereocenters. The Morgan fingerprint density at radius 3 is 2.89 bits per heavy atom. The molecule has 2 fully saturated rings. The monoisotopic (exact) mass is 265 g/mol. The average Bonchev–Trinajstić information content (AvgIpc) is 3.01. The summed E-state index contributed by atoms with van der Waals surface area (Å²) in [6, 6.07) is 0.782. The van der Waals surface area contributed by atoms with E-state index in [-0.39, 0.29) is 5.54 Å². The molecular weight excluding hydrogens is 242 g/mol. The summed E-state index contributed by atoms with van der Waals surface area (Å²) in [5, 5.41) is 4.77. The van der Waals surface area contributed by atoms with E-state index in [1.807, 2.05) is 17.5 Å². The second kappa shape index (κ2) is 4.49. The van der Waals surface area contributed by atoms with Gasteiger partial charge in [-0.2, -0.15) is 0 Å². The maximum absolute atomic E-state index is 4.62. The molecule has 18 heavy (non-hydrogen) atoms. The Morgan fingerprint density at radius 1 is 1.44 bits per heavy atom. The number of aromatic nitrogens is 1. The molecule has 1 aliphatic heterocycles. The molecule has 1 N–H and O–H groups in total. The van der Waals surface area contributed by atoms with Gasteiger partial charge >= 0.3 is 0 Å². The van der Waals surface area contributed by atoms with Crippen molar-refractivity contribution in [3.05, 3.63) is 11.1 Å². The molecule has 2 unspecified atom stereocenters. The van der Waals surface area contributed by atoms with Crippen molar-refractivity contribution in [1.29, 1.82) is 0 Å². The predicted molar refractivity (Wildman–Crippen MR) is 77.2 cm³/mol. The number of rotatable bonds is 3. The zero-order chi connectivity index (χ0) is 12.8. The van der Waals surface area contributed by atoms with Crippen LogP contribution >= 0.6 is 11.3 Å². The van der Waals surface area contributed by atoms with Gasteiger partial charge in [0.2, 0.25) is 0 Å². The lowest BCUT2D eigenvalue weighted by Crippen LogP contribution is -2.34. The Hall–Kier alpha value is -0.610. The zero-order valence-electron chi connectivity index (χ0n) is 11.6. The van der Waals surface area contributed by atoms with Crippen LogP contribution < -0.4 is 10.2 Å². The minimum absolute atomic E-state index is 0.177. The summed E-state index contributed by atoms with van der Waals surface area (Å²) in [5.74, 6) is 0.940. The van der Waals surface area contributed by atoms with E-state index >= 15 is 0 Å². The SMILES string of the molecule is CC(C)(C)NCc1cnc(N2CC3CCC2C3)s1. The van der Waals surface area contributed by atoms with Crippen LogP contribution in [0, 0.1) is 5.92 Å². The van der Waals surface area contributed by atoms with E-state index in [0.717, 1.165) is 18.5 Å². The Balaban J connectivity index is 1.63. The van der Waals surface area contributed by atoms with E-state index in [0.29, 0.717) is 0 Å². The lowest BCUT2D eigenvalue weighted by atomic mass is 10.1. The van der Waals surface area contributed by atoms with Crippen LogP contribution in [0.15, 0.2) is 6.20 Å². The summed E-state index contributed by atoms with van der Waals surface area (Å²) in [6.07, 6.45) is 6.25. The molecule has 0 amide bonds. The van der Waals surface area contributed by atoms with Gasteiger partial charge in [-0.1, -0.05) is 0 Å². The van der Waals surface area contributed by atoms with Gasteiger partial charge in [0.15, 0.2) is 5.13 Å². The molecule has 3 rings (SSSR count). The second-order valence-electron chi connectivity index (χ2n) is 6.70. The molecule has 2 bridgehead atoms. The van der Waals surface area contributed by atoms with Gasteiger partial charge in [-0.3, -0.25) is 0 Å². The fourth-order valence-electron chi connectivity index (χ4n) is 3.02. The molecule has 1 aromatic rings. The molecule has 2 heterocycles. The predicted octanol–water partition coefficient (Wildman–Crippen LogP) is 3.02. The highest BCUT2D eigenvalue weighted by molar-refractivity contribution is 7.15. The lowest BCUT2D eigenvalue weighted by Gasteiger charge is -2.26. The van der Waals surface area contributed by atoms with Gasteiger partial charge in [-0.15, -0.1) is 11.3 Å². The van der Waals surface area contributed by atoms with Crippen molar-refractivity contribution in [2.75, 3.05) is 11.4 Å². The quantitative estimate of drug-likeness (QED) is 0.910. The summed E-state index contributed by atoms with van der Waals surface area (Å²) >= 11 is 1.86. The van der Waals surface area contributed by atoms with Crippen LogP contribution in [0.25, 0.3) is 0 Å². The van der Waals surface area contributed by atoms with Crippen LogP contribution in [-0.4, -0.2) is 23.1 Å². The van der Waals surface area contributed by atoms with Gasteiger partial charge < -0.3 is 10.2 Å². The number of thiazole rings is 1. The highest BCUT2D eigenvalue weighted by Crippen LogP contribution is 2.41. The Bertz CT molecular complexity index is 421. The van der Waals surface area contributed by atoms with Crippen LogP contribution in [0.4, 0.5) is 5.13 Å². The summed E-state index contributed by atoms with van der Waals surface area (Å²) < 4.78 is 0. The van der Waals surface area contributed by atoms with Crippen molar-refractivity contribution in [1.82, 2.24) is 10.3 Å². The van der Waals surface area contributed by atoms with Gasteiger partial charge in [-0.05, 0) is 46.0 Å². The molecule has 0 aromatic carbocycles. The molecular formula is C14H23N3S. The Morgan fingerprint density at radius 2 is 2.28 bits per heavy atom. The molecule has 1 aliphatic carbocycles. The van der Waals surface area contributed by atoms with Crippen molar-refractivity contribution in [2.45, 2.75) is 58.2 Å². The Labute approximate surface area is 114 Å². The number of piperidine rings is 1. The summed E-state index contributed by atoms with van der Waals surface area (Å²) in [5.41, 5.74) is 0.177. The van der Waals surface area contributed by atoms with E-state index in [1.165, 1.54) is 35.8 Å². The zero-order valence-corrected chi connectivity index (χ0v) is 12.4. The van der Waals surface area contributed by atoms with Crippen LogP contribution in [0.3, 0.4) is 0 Å². The highest BCUT2D eigenvalue weighted by Gasteiger charge is 2.38. The first-order chi connectivity index (χ1) is 8.51. The van der Waals surface area contributed by atoms with Crippen molar-refractivity contribution in [3.8, 4) is 0 Å².